The number of hydrogen-bond donors (Lipinski definition) is 1. The molecule has 1 rings (SSSR count). The fourth-order valence-electron chi connectivity index (χ4n) is 1.32. The van der Waals surface area contributed by atoms with Gasteiger partial charge in [0, 0.05) is 0 Å². The third-order valence-electron chi connectivity index (χ3n) is 1.81. The van der Waals surface area contributed by atoms with Crippen LogP contribution in [0.2, 0.25) is 0 Å². The largest absolute Gasteiger partial charge is 0.466 e. The van der Waals surface area contributed by atoms with Gasteiger partial charge in [-0.25, -0.2) is 0 Å². The Morgan fingerprint density at radius 1 is 1.24 bits per heavy atom. The van der Waals surface area contributed by atoms with E-state index in [1.54, 1.807) is 33.8 Å². The van der Waals surface area contributed by atoms with Crippen molar-refractivity contribution in [1.82, 2.24) is 0 Å². The maximum atomic E-state index is 12.5. The third-order valence-corrected chi connectivity index (χ3v) is 4.10. The highest BCUT2D eigenvalue weighted by Gasteiger charge is 2.39. The first-order chi connectivity index (χ1) is 7.85. The standard InChI is InChI=1S/C11H19O5P/c1-8(2)15-17(13,16-9(3)4)11(12)10-6-5-7-14-10/h5-9,11-12H,1-4H3/t11-/m1/s1. The number of aliphatic hydroxyl groups excluding tert-OH is 1. The van der Waals surface area contributed by atoms with Gasteiger partial charge in [0.2, 0.25) is 5.85 Å². The Morgan fingerprint density at radius 2 is 1.76 bits per heavy atom. The molecule has 5 nitrogen and oxygen atoms in total. The Hall–Kier alpha value is -0.610. The second-order valence-corrected chi connectivity index (χ2v) is 6.23. The van der Waals surface area contributed by atoms with Crippen LogP contribution in [0.5, 0.6) is 0 Å². The van der Waals surface area contributed by atoms with Crippen LogP contribution in [-0.4, -0.2) is 17.3 Å². The summed E-state index contributed by atoms with van der Waals surface area (Å²) in [6, 6.07) is 3.14. The second kappa shape index (κ2) is 5.83. The topological polar surface area (TPSA) is 68.9 Å². The van der Waals surface area contributed by atoms with E-state index in [1.165, 1.54) is 12.3 Å². The zero-order valence-corrected chi connectivity index (χ0v) is 11.4. The molecule has 0 saturated heterocycles. The summed E-state index contributed by atoms with van der Waals surface area (Å²) in [7, 11) is -3.65. The van der Waals surface area contributed by atoms with Gasteiger partial charge in [0.25, 0.3) is 0 Å². The van der Waals surface area contributed by atoms with Crippen molar-refractivity contribution in [3.05, 3.63) is 24.2 Å². The summed E-state index contributed by atoms with van der Waals surface area (Å²) in [5.74, 6) is -1.23. The smallest absolute Gasteiger partial charge is 0.367 e. The summed E-state index contributed by atoms with van der Waals surface area (Å²) in [6.45, 7) is 6.91. The Morgan fingerprint density at radius 3 is 2.12 bits per heavy atom. The van der Waals surface area contributed by atoms with Crippen molar-refractivity contribution >= 4 is 7.60 Å². The van der Waals surface area contributed by atoms with E-state index in [-0.39, 0.29) is 18.0 Å². The average molecular weight is 262 g/mol. The molecule has 0 fully saturated rings. The molecule has 0 bridgehead atoms. The lowest BCUT2D eigenvalue weighted by Crippen LogP contribution is -2.13. The molecule has 0 saturated carbocycles. The summed E-state index contributed by atoms with van der Waals surface area (Å²) in [5.41, 5.74) is 0. The van der Waals surface area contributed by atoms with Gasteiger partial charge in [-0.05, 0) is 39.8 Å². The molecular weight excluding hydrogens is 243 g/mol. The minimum Gasteiger partial charge on any atom is -0.466 e. The van der Waals surface area contributed by atoms with Gasteiger partial charge in [-0.1, -0.05) is 0 Å². The fourth-order valence-corrected chi connectivity index (χ4v) is 3.24. The first kappa shape index (κ1) is 14.5. The Kier molecular flexibility index (Phi) is 4.95. The van der Waals surface area contributed by atoms with Crippen molar-refractivity contribution in [2.75, 3.05) is 0 Å². The number of furan rings is 1. The average Bonchev–Trinajstić information content (AvgIpc) is 2.66. The summed E-state index contributed by atoms with van der Waals surface area (Å²) in [6.07, 6.45) is 0.765. The lowest BCUT2D eigenvalue weighted by Gasteiger charge is -2.25. The van der Waals surface area contributed by atoms with Crippen LogP contribution in [0.25, 0.3) is 0 Å². The van der Waals surface area contributed by atoms with E-state index in [0.717, 1.165) is 0 Å². The van der Waals surface area contributed by atoms with E-state index < -0.39 is 13.4 Å². The van der Waals surface area contributed by atoms with Crippen molar-refractivity contribution < 1.29 is 23.1 Å². The Balaban J connectivity index is 2.93. The maximum Gasteiger partial charge on any atom is 0.367 e. The van der Waals surface area contributed by atoms with Gasteiger partial charge < -0.3 is 18.6 Å². The molecule has 17 heavy (non-hydrogen) atoms. The molecule has 0 amide bonds. The van der Waals surface area contributed by atoms with Crippen LogP contribution in [-0.2, 0) is 13.6 Å². The minimum absolute atomic E-state index is 0.176. The first-order valence-electron chi connectivity index (χ1n) is 5.53. The van der Waals surface area contributed by atoms with Gasteiger partial charge in [0.15, 0.2) is 0 Å². The van der Waals surface area contributed by atoms with E-state index >= 15 is 0 Å². The quantitative estimate of drug-likeness (QED) is 0.796. The normalized spacial score (nSPS) is 14.5. The zero-order chi connectivity index (χ0) is 13.1. The molecule has 1 heterocycles. The molecule has 0 radical (unpaired) electrons. The summed E-state index contributed by atoms with van der Waals surface area (Å²) in [5, 5.41) is 10.0. The maximum absolute atomic E-state index is 12.5. The minimum atomic E-state index is -3.65. The van der Waals surface area contributed by atoms with Crippen molar-refractivity contribution in [2.45, 2.75) is 45.7 Å². The molecule has 0 unspecified atom stereocenters. The number of aliphatic hydroxyl groups is 1. The molecular formula is C11H19O5P. The number of rotatable bonds is 6. The predicted octanol–water partition coefficient (Wildman–Crippen LogP) is 3.31. The van der Waals surface area contributed by atoms with E-state index in [4.69, 9.17) is 13.5 Å². The molecule has 1 aromatic heterocycles. The molecule has 0 aliphatic carbocycles. The van der Waals surface area contributed by atoms with Gasteiger partial charge in [-0.2, -0.15) is 0 Å². The molecule has 1 N–H and O–H groups in total. The van der Waals surface area contributed by atoms with Crippen LogP contribution >= 0.6 is 7.60 Å². The Bertz CT molecular complexity index is 357. The second-order valence-electron chi connectivity index (χ2n) is 4.24. The van der Waals surface area contributed by atoms with Crippen LogP contribution in [0.15, 0.2) is 22.8 Å². The van der Waals surface area contributed by atoms with Gasteiger partial charge in [0.05, 0.1) is 18.5 Å². The van der Waals surface area contributed by atoms with Crippen LogP contribution in [0.4, 0.5) is 0 Å². The molecule has 98 valence electrons. The van der Waals surface area contributed by atoms with E-state index in [0.29, 0.717) is 0 Å². The molecule has 6 heteroatoms. The van der Waals surface area contributed by atoms with Crippen LogP contribution < -0.4 is 0 Å². The highest BCUT2D eigenvalue weighted by molar-refractivity contribution is 7.54. The summed E-state index contributed by atoms with van der Waals surface area (Å²) < 4.78 is 28.0. The van der Waals surface area contributed by atoms with Crippen molar-refractivity contribution in [3.8, 4) is 0 Å². The summed E-state index contributed by atoms with van der Waals surface area (Å²) >= 11 is 0. The van der Waals surface area contributed by atoms with Crippen molar-refractivity contribution in [3.63, 3.8) is 0 Å². The van der Waals surface area contributed by atoms with Gasteiger partial charge >= 0.3 is 7.60 Å². The molecule has 1 atom stereocenters. The first-order valence-corrected chi connectivity index (χ1v) is 7.14. The van der Waals surface area contributed by atoms with Crippen LogP contribution in [0.1, 0.15) is 39.3 Å². The fraction of sp³-hybridized carbons (Fsp3) is 0.636. The monoisotopic (exact) mass is 262 g/mol. The lowest BCUT2D eigenvalue weighted by molar-refractivity contribution is 0.0940. The summed E-state index contributed by atoms with van der Waals surface area (Å²) in [4.78, 5) is 0. The van der Waals surface area contributed by atoms with Gasteiger partial charge in [0.1, 0.15) is 5.76 Å². The predicted molar refractivity (Wildman–Crippen MR) is 63.7 cm³/mol. The molecule has 0 aliphatic rings. The molecule has 0 aliphatic heterocycles. The van der Waals surface area contributed by atoms with E-state index in [9.17, 15) is 9.67 Å². The Labute approximate surface area is 101 Å². The lowest BCUT2D eigenvalue weighted by atomic mass is 10.5. The highest BCUT2D eigenvalue weighted by atomic mass is 31.2. The SMILES string of the molecule is CC(C)OP(=O)(OC(C)C)[C@@H](O)c1ccco1. The van der Waals surface area contributed by atoms with Crippen molar-refractivity contribution in [2.24, 2.45) is 0 Å². The van der Waals surface area contributed by atoms with Crippen LogP contribution in [0, 0.1) is 0 Å². The van der Waals surface area contributed by atoms with E-state index in [1.807, 2.05) is 0 Å². The van der Waals surface area contributed by atoms with Crippen LogP contribution in [0.3, 0.4) is 0 Å². The molecule has 1 aromatic rings. The van der Waals surface area contributed by atoms with Gasteiger partial charge in [-0.15, -0.1) is 0 Å². The van der Waals surface area contributed by atoms with Crippen molar-refractivity contribution in [1.29, 1.82) is 0 Å². The highest BCUT2D eigenvalue weighted by Crippen LogP contribution is 2.61. The molecule has 0 spiro atoms. The number of hydrogen-bond acceptors (Lipinski definition) is 5. The van der Waals surface area contributed by atoms with Gasteiger partial charge in [-0.3, -0.25) is 4.57 Å². The van der Waals surface area contributed by atoms with E-state index in [2.05, 4.69) is 0 Å². The third kappa shape index (κ3) is 3.96. The molecule has 0 aromatic carbocycles. The zero-order valence-electron chi connectivity index (χ0n) is 10.5.